The predicted molar refractivity (Wildman–Crippen MR) is 104 cm³/mol. The summed E-state index contributed by atoms with van der Waals surface area (Å²) in [5.74, 6) is -0.608. The quantitative estimate of drug-likeness (QED) is 0.558. The van der Waals surface area contributed by atoms with Gasteiger partial charge in [0.25, 0.3) is 0 Å². The molecule has 0 saturated carbocycles. The number of carbonyl (C=O) groups excluding carboxylic acids is 2. The molecule has 28 heavy (non-hydrogen) atoms. The van der Waals surface area contributed by atoms with Gasteiger partial charge in [-0.25, -0.2) is 9.48 Å². The number of ketones is 1. The molecular weight excluding hydrogens is 356 g/mol. The Kier molecular flexibility index (Phi) is 4.53. The molecule has 0 aliphatic heterocycles. The summed E-state index contributed by atoms with van der Waals surface area (Å²) >= 11 is 0. The van der Waals surface area contributed by atoms with Crippen molar-refractivity contribution in [3.63, 3.8) is 0 Å². The number of ether oxygens (including phenoxy) is 1. The number of aromatic hydroxyl groups is 1. The van der Waals surface area contributed by atoms with E-state index in [1.807, 2.05) is 30.3 Å². The van der Waals surface area contributed by atoms with Crippen LogP contribution in [0.4, 0.5) is 0 Å². The lowest BCUT2D eigenvalue weighted by Crippen LogP contribution is -2.08. The van der Waals surface area contributed by atoms with Crippen LogP contribution in [0.3, 0.4) is 0 Å². The molecule has 1 heterocycles. The molecule has 0 radical (unpaired) electrons. The number of hydrogen-bond acceptors (Lipinski definition) is 5. The summed E-state index contributed by atoms with van der Waals surface area (Å²) in [6.07, 6.45) is 3.66. The molecular formula is C22H18N2O4. The number of phenols is 1. The van der Waals surface area contributed by atoms with E-state index in [2.05, 4.69) is 5.10 Å². The first-order valence-electron chi connectivity index (χ1n) is 8.97. The monoisotopic (exact) mass is 374 g/mol. The topological polar surface area (TPSA) is 81.4 Å². The number of nitrogens with zero attached hydrogens (tertiary/aromatic N) is 2. The number of para-hydroxylation sites is 1. The lowest BCUT2D eigenvalue weighted by Gasteiger charge is -2.00. The minimum absolute atomic E-state index is 0.0971. The van der Waals surface area contributed by atoms with Gasteiger partial charge >= 0.3 is 5.97 Å². The summed E-state index contributed by atoms with van der Waals surface area (Å²) in [5, 5.41) is 14.4. The zero-order valence-electron chi connectivity index (χ0n) is 15.3. The molecule has 0 fully saturated rings. The fourth-order valence-electron chi connectivity index (χ4n) is 3.29. The van der Waals surface area contributed by atoms with E-state index in [0.717, 1.165) is 5.69 Å². The molecule has 1 N–H and O–H groups in total. The highest BCUT2D eigenvalue weighted by Crippen LogP contribution is 2.34. The molecule has 3 aromatic rings. The van der Waals surface area contributed by atoms with E-state index in [4.69, 9.17) is 4.74 Å². The van der Waals surface area contributed by atoms with Crippen LogP contribution in [-0.2, 0) is 11.2 Å². The van der Waals surface area contributed by atoms with Gasteiger partial charge in [-0.2, -0.15) is 5.10 Å². The minimum Gasteiger partial charge on any atom is -0.508 e. The smallest absolute Gasteiger partial charge is 0.359 e. The van der Waals surface area contributed by atoms with Gasteiger partial charge in [-0.3, -0.25) is 4.79 Å². The second kappa shape index (κ2) is 7.15. The van der Waals surface area contributed by atoms with Crippen molar-refractivity contribution >= 4 is 17.8 Å². The number of benzene rings is 2. The molecule has 0 bridgehead atoms. The van der Waals surface area contributed by atoms with E-state index in [0.29, 0.717) is 28.7 Å². The third-order valence-corrected chi connectivity index (χ3v) is 4.62. The number of esters is 1. The molecule has 0 spiro atoms. The highest BCUT2D eigenvalue weighted by atomic mass is 16.5. The first-order valence-corrected chi connectivity index (χ1v) is 8.97. The van der Waals surface area contributed by atoms with E-state index in [-0.39, 0.29) is 23.8 Å². The largest absolute Gasteiger partial charge is 0.508 e. The maximum absolute atomic E-state index is 12.7. The summed E-state index contributed by atoms with van der Waals surface area (Å²) in [5.41, 5.74) is 3.02. The number of phenolic OH excluding ortho intramolecular Hbond substituents is 1. The molecule has 0 atom stereocenters. The number of fused-ring (bicyclic) bond motifs is 1. The van der Waals surface area contributed by atoms with Crippen LogP contribution in [0.25, 0.3) is 11.8 Å². The molecule has 4 rings (SSSR count). The van der Waals surface area contributed by atoms with Gasteiger partial charge in [0.05, 0.1) is 12.3 Å². The Labute approximate surface area is 161 Å². The first-order chi connectivity index (χ1) is 13.6. The van der Waals surface area contributed by atoms with Crippen LogP contribution < -0.4 is 0 Å². The second-order valence-corrected chi connectivity index (χ2v) is 6.41. The minimum atomic E-state index is -0.546. The molecule has 0 saturated heterocycles. The number of allylic oxidation sites excluding steroid dienone is 1. The van der Waals surface area contributed by atoms with Gasteiger partial charge in [-0.1, -0.05) is 30.3 Å². The Morgan fingerprint density at radius 1 is 1.21 bits per heavy atom. The van der Waals surface area contributed by atoms with Crippen molar-refractivity contribution in [3.05, 3.63) is 82.7 Å². The average Bonchev–Trinajstić information content (AvgIpc) is 3.26. The van der Waals surface area contributed by atoms with Crippen LogP contribution in [-0.4, -0.2) is 33.2 Å². The van der Waals surface area contributed by atoms with Crippen LogP contribution in [0, 0.1) is 0 Å². The van der Waals surface area contributed by atoms with E-state index < -0.39 is 5.97 Å². The van der Waals surface area contributed by atoms with E-state index >= 15 is 0 Å². The van der Waals surface area contributed by atoms with Crippen molar-refractivity contribution in [3.8, 4) is 11.4 Å². The summed E-state index contributed by atoms with van der Waals surface area (Å²) in [6.45, 7) is 1.95. The highest BCUT2D eigenvalue weighted by Gasteiger charge is 2.28. The summed E-state index contributed by atoms with van der Waals surface area (Å²) in [7, 11) is 0. The number of aromatic nitrogens is 2. The zero-order chi connectivity index (χ0) is 19.7. The summed E-state index contributed by atoms with van der Waals surface area (Å²) < 4.78 is 6.71. The number of Topliss-reactive ketones (excluding diaryl/α,β-unsaturated/α-hetero) is 1. The van der Waals surface area contributed by atoms with Gasteiger partial charge in [0.15, 0.2) is 11.5 Å². The standard InChI is InChI=1S/C22H18N2O4/c1-2-28-22(27)20-15(13-24(23-20)16-7-4-3-5-8-16)11-14-12-18-17(21(14)26)9-6-10-19(18)25/h3-11,13,25H,2,12H2,1H3/b14-11-. The van der Waals surface area contributed by atoms with Crippen molar-refractivity contribution < 1.29 is 19.4 Å². The van der Waals surface area contributed by atoms with E-state index in [1.54, 1.807) is 42.1 Å². The lowest BCUT2D eigenvalue weighted by atomic mass is 10.1. The molecule has 6 nitrogen and oxygen atoms in total. The van der Waals surface area contributed by atoms with Crippen molar-refractivity contribution in [2.24, 2.45) is 0 Å². The van der Waals surface area contributed by atoms with Crippen molar-refractivity contribution in [1.29, 1.82) is 0 Å². The number of rotatable bonds is 4. The predicted octanol–water partition coefficient (Wildman–Crippen LogP) is 3.58. The Balaban J connectivity index is 1.78. The summed E-state index contributed by atoms with van der Waals surface area (Å²) in [4.78, 5) is 25.1. The molecule has 0 amide bonds. The molecule has 1 aliphatic rings. The summed E-state index contributed by atoms with van der Waals surface area (Å²) in [6, 6.07) is 14.3. The SMILES string of the molecule is CCOC(=O)c1nn(-c2ccccc2)cc1/C=C1/Cc2c(O)cccc2C1=O. The molecule has 6 heteroatoms. The lowest BCUT2D eigenvalue weighted by molar-refractivity contribution is 0.0518. The number of carbonyl (C=O) groups is 2. The molecule has 0 unspecified atom stereocenters. The molecule has 1 aliphatic carbocycles. The van der Waals surface area contributed by atoms with Crippen LogP contribution in [0.5, 0.6) is 5.75 Å². The maximum Gasteiger partial charge on any atom is 0.359 e. The van der Waals surface area contributed by atoms with E-state index in [9.17, 15) is 14.7 Å². The van der Waals surface area contributed by atoms with Gasteiger partial charge in [0.1, 0.15) is 5.75 Å². The van der Waals surface area contributed by atoms with Gasteiger partial charge < -0.3 is 9.84 Å². The van der Waals surface area contributed by atoms with Gasteiger partial charge in [0, 0.05) is 34.9 Å². The van der Waals surface area contributed by atoms with Gasteiger partial charge in [-0.15, -0.1) is 0 Å². The number of hydrogen-bond donors (Lipinski definition) is 1. The van der Waals surface area contributed by atoms with E-state index in [1.165, 1.54) is 0 Å². The van der Waals surface area contributed by atoms with Crippen molar-refractivity contribution in [2.45, 2.75) is 13.3 Å². The van der Waals surface area contributed by atoms with Gasteiger partial charge in [-0.05, 0) is 31.2 Å². The fourth-order valence-corrected chi connectivity index (χ4v) is 3.29. The average molecular weight is 374 g/mol. The third kappa shape index (κ3) is 3.09. The van der Waals surface area contributed by atoms with Crippen molar-refractivity contribution in [1.82, 2.24) is 9.78 Å². The van der Waals surface area contributed by atoms with Gasteiger partial charge in [0.2, 0.25) is 0 Å². The second-order valence-electron chi connectivity index (χ2n) is 6.41. The maximum atomic E-state index is 12.7. The molecule has 2 aromatic carbocycles. The Morgan fingerprint density at radius 2 is 2.00 bits per heavy atom. The van der Waals surface area contributed by atoms with Crippen LogP contribution in [0.15, 0.2) is 60.3 Å². The Bertz CT molecular complexity index is 1100. The Morgan fingerprint density at radius 3 is 2.71 bits per heavy atom. The molecule has 1 aromatic heterocycles. The highest BCUT2D eigenvalue weighted by molar-refractivity contribution is 6.16. The van der Waals surface area contributed by atoms with Crippen LogP contribution in [0.2, 0.25) is 0 Å². The normalized spacial score (nSPS) is 14.3. The third-order valence-electron chi connectivity index (χ3n) is 4.62. The van der Waals surface area contributed by atoms with Crippen LogP contribution in [0.1, 0.15) is 38.9 Å². The van der Waals surface area contributed by atoms with Crippen LogP contribution >= 0.6 is 0 Å². The first kappa shape index (κ1) is 17.7. The van der Waals surface area contributed by atoms with Crippen molar-refractivity contribution in [2.75, 3.05) is 6.61 Å². The Hall–Kier alpha value is -3.67. The zero-order valence-corrected chi connectivity index (χ0v) is 15.3. The molecule has 140 valence electrons. The fraction of sp³-hybridized carbons (Fsp3) is 0.136.